The summed E-state index contributed by atoms with van der Waals surface area (Å²) in [5.41, 5.74) is 0. The van der Waals surface area contributed by atoms with Crippen LogP contribution in [0.15, 0.2) is 6.20 Å². The number of nitrogens with one attached hydrogen (secondary N) is 1. The van der Waals surface area contributed by atoms with Crippen LogP contribution in [0.1, 0.15) is 48.5 Å². The minimum atomic E-state index is 0.484. The summed E-state index contributed by atoms with van der Waals surface area (Å²) in [6, 6.07) is 1.27. The van der Waals surface area contributed by atoms with Gasteiger partial charge in [-0.2, -0.15) is 0 Å². The standard InChI is InChI=1S/C13H20N2S/c1-8(12-7-14-9(2)16-12)15-13(10-3-4-10)11-5-6-11/h7-8,10-11,13,15H,3-6H2,1-2H3. The summed E-state index contributed by atoms with van der Waals surface area (Å²) in [5.74, 6) is 1.95. The van der Waals surface area contributed by atoms with Gasteiger partial charge in [0.1, 0.15) is 0 Å². The summed E-state index contributed by atoms with van der Waals surface area (Å²) in [7, 11) is 0. The molecule has 2 aliphatic rings. The van der Waals surface area contributed by atoms with Gasteiger partial charge in [-0.25, -0.2) is 4.98 Å². The summed E-state index contributed by atoms with van der Waals surface area (Å²) < 4.78 is 0. The van der Waals surface area contributed by atoms with Crippen LogP contribution in [0.5, 0.6) is 0 Å². The van der Waals surface area contributed by atoms with E-state index in [1.54, 1.807) is 0 Å². The van der Waals surface area contributed by atoms with Crippen LogP contribution in [0.2, 0.25) is 0 Å². The maximum absolute atomic E-state index is 4.34. The second-order valence-electron chi connectivity index (χ2n) is 5.37. The molecule has 0 radical (unpaired) electrons. The molecule has 1 heterocycles. The van der Waals surface area contributed by atoms with Gasteiger partial charge in [-0.3, -0.25) is 0 Å². The van der Waals surface area contributed by atoms with Gasteiger partial charge in [0.25, 0.3) is 0 Å². The number of aryl methyl sites for hydroxylation is 1. The molecule has 2 nitrogen and oxygen atoms in total. The van der Waals surface area contributed by atoms with Gasteiger partial charge in [-0.15, -0.1) is 11.3 Å². The van der Waals surface area contributed by atoms with E-state index >= 15 is 0 Å². The largest absolute Gasteiger partial charge is 0.306 e. The lowest BCUT2D eigenvalue weighted by molar-refractivity contribution is 0.380. The van der Waals surface area contributed by atoms with Crippen molar-refractivity contribution in [1.29, 1.82) is 0 Å². The lowest BCUT2D eigenvalue weighted by atomic mass is 10.1. The van der Waals surface area contributed by atoms with E-state index in [1.807, 2.05) is 17.5 Å². The van der Waals surface area contributed by atoms with Crippen LogP contribution in [0.3, 0.4) is 0 Å². The van der Waals surface area contributed by atoms with E-state index in [9.17, 15) is 0 Å². The first-order valence-electron chi connectivity index (χ1n) is 6.42. The fourth-order valence-electron chi connectivity index (χ4n) is 2.52. The third kappa shape index (κ3) is 2.30. The minimum Gasteiger partial charge on any atom is -0.306 e. The minimum absolute atomic E-state index is 0.484. The van der Waals surface area contributed by atoms with Gasteiger partial charge in [0, 0.05) is 23.2 Å². The first kappa shape index (κ1) is 10.7. The fraction of sp³-hybridized carbons (Fsp3) is 0.769. The second kappa shape index (κ2) is 4.11. The predicted octanol–water partition coefficient (Wildman–Crippen LogP) is 3.29. The number of nitrogens with zero attached hydrogens (tertiary/aromatic N) is 1. The van der Waals surface area contributed by atoms with Crippen molar-refractivity contribution in [3.05, 3.63) is 16.1 Å². The van der Waals surface area contributed by atoms with Crippen molar-refractivity contribution in [2.75, 3.05) is 0 Å². The molecule has 16 heavy (non-hydrogen) atoms. The quantitative estimate of drug-likeness (QED) is 0.848. The van der Waals surface area contributed by atoms with Gasteiger partial charge in [0.2, 0.25) is 0 Å². The third-order valence-corrected chi connectivity index (χ3v) is 4.86. The molecule has 3 heteroatoms. The molecule has 0 bridgehead atoms. The molecule has 1 unspecified atom stereocenters. The molecule has 1 aromatic heterocycles. The Morgan fingerprint density at radius 2 is 1.94 bits per heavy atom. The Bertz CT molecular complexity index is 354. The zero-order valence-electron chi connectivity index (χ0n) is 10.1. The molecule has 0 aliphatic heterocycles. The highest BCUT2D eigenvalue weighted by molar-refractivity contribution is 7.11. The van der Waals surface area contributed by atoms with E-state index in [0.29, 0.717) is 6.04 Å². The van der Waals surface area contributed by atoms with E-state index in [1.165, 1.54) is 35.6 Å². The van der Waals surface area contributed by atoms with Gasteiger partial charge in [0.05, 0.1) is 5.01 Å². The Hall–Kier alpha value is -0.410. The van der Waals surface area contributed by atoms with Crippen LogP contribution >= 0.6 is 11.3 Å². The second-order valence-corrected chi connectivity index (χ2v) is 6.64. The average molecular weight is 236 g/mol. The summed E-state index contributed by atoms with van der Waals surface area (Å²) >= 11 is 1.83. The number of rotatable bonds is 5. The van der Waals surface area contributed by atoms with Crippen molar-refractivity contribution in [2.24, 2.45) is 11.8 Å². The maximum Gasteiger partial charge on any atom is 0.0897 e. The highest BCUT2D eigenvalue weighted by atomic mass is 32.1. The molecule has 88 valence electrons. The van der Waals surface area contributed by atoms with Gasteiger partial charge >= 0.3 is 0 Å². The van der Waals surface area contributed by atoms with E-state index in [-0.39, 0.29) is 0 Å². The lowest BCUT2D eigenvalue weighted by Gasteiger charge is -2.22. The van der Waals surface area contributed by atoms with E-state index in [4.69, 9.17) is 0 Å². The van der Waals surface area contributed by atoms with Crippen molar-refractivity contribution in [3.63, 3.8) is 0 Å². The number of aromatic nitrogens is 1. The van der Waals surface area contributed by atoms with Crippen LogP contribution in [0, 0.1) is 18.8 Å². The summed E-state index contributed by atoms with van der Waals surface area (Å²) in [4.78, 5) is 5.74. The zero-order chi connectivity index (χ0) is 11.1. The molecule has 3 rings (SSSR count). The van der Waals surface area contributed by atoms with Crippen molar-refractivity contribution in [2.45, 2.75) is 51.6 Å². The van der Waals surface area contributed by atoms with Crippen LogP contribution in [-0.2, 0) is 0 Å². The van der Waals surface area contributed by atoms with Crippen LogP contribution in [0.4, 0.5) is 0 Å². The molecule has 2 saturated carbocycles. The van der Waals surface area contributed by atoms with Crippen molar-refractivity contribution < 1.29 is 0 Å². The first-order chi connectivity index (χ1) is 7.74. The molecule has 1 aromatic rings. The molecule has 0 saturated heterocycles. The Kier molecular flexibility index (Phi) is 2.76. The van der Waals surface area contributed by atoms with Gasteiger partial charge in [0.15, 0.2) is 0 Å². The van der Waals surface area contributed by atoms with E-state index < -0.39 is 0 Å². The molecule has 2 aliphatic carbocycles. The van der Waals surface area contributed by atoms with Gasteiger partial charge < -0.3 is 5.32 Å². The molecule has 0 amide bonds. The van der Waals surface area contributed by atoms with Crippen molar-refractivity contribution in [1.82, 2.24) is 10.3 Å². The summed E-state index contributed by atoms with van der Waals surface area (Å²) in [6.07, 6.45) is 7.82. The third-order valence-electron chi connectivity index (χ3n) is 3.77. The molecule has 1 atom stereocenters. The highest BCUT2D eigenvalue weighted by Crippen LogP contribution is 2.45. The van der Waals surface area contributed by atoms with E-state index in [0.717, 1.165) is 17.9 Å². The zero-order valence-corrected chi connectivity index (χ0v) is 10.9. The predicted molar refractivity (Wildman–Crippen MR) is 67.6 cm³/mol. The number of thiazole rings is 1. The Balaban J connectivity index is 1.63. The lowest BCUT2D eigenvalue weighted by Crippen LogP contribution is -2.34. The van der Waals surface area contributed by atoms with Crippen LogP contribution in [0.25, 0.3) is 0 Å². The van der Waals surface area contributed by atoms with Crippen LogP contribution < -0.4 is 5.32 Å². The smallest absolute Gasteiger partial charge is 0.0897 e. The average Bonchev–Trinajstić information content (AvgIpc) is 3.14. The number of hydrogen-bond donors (Lipinski definition) is 1. The SMILES string of the molecule is Cc1ncc(C(C)NC(C2CC2)C2CC2)s1. The monoisotopic (exact) mass is 236 g/mol. The first-order valence-corrected chi connectivity index (χ1v) is 7.24. The molecule has 0 aromatic carbocycles. The molecular weight excluding hydrogens is 216 g/mol. The molecular formula is C13H20N2S. The Morgan fingerprint density at radius 1 is 1.31 bits per heavy atom. The summed E-state index contributed by atoms with van der Waals surface area (Å²) in [5, 5.41) is 5.02. The van der Waals surface area contributed by atoms with E-state index in [2.05, 4.69) is 24.1 Å². The molecule has 2 fully saturated rings. The van der Waals surface area contributed by atoms with Gasteiger partial charge in [-0.1, -0.05) is 0 Å². The topological polar surface area (TPSA) is 24.9 Å². The molecule has 1 N–H and O–H groups in total. The van der Waals surface area contributed by atoms with Crippen LogP contribution in [-0.4, -0.2) is 11.0 Å². The molecule has 0 spiro atoms. The number of hydrogen-bond acceptors (Lipinski definition) is 3. The highest BCUT2D eigenvalue weighted by Gasteiger charge is 2.41. The Morgan fingerprint density at radius 3 is 2.38 bits per heavy atom. The van der Waals surface area contributed by atoms with Gasteiger partial charge in [-0.05, 0) is 51.4 Å². The van der Waals surface area contributed by atoms with Crippen molar-refractivity contribution >= 4 is 11.3 Å². The fourth-order valence-corrected chi connectivity index (χ4v) is 3.31. The maximum atomic E-state index is 4.34. The summed E-state index contributed by atoms with van der Waals surface area (Å²) in [6.45, 7) is 4.37. The normalized spacial score (nSPS) is 22.7. The van der Waals surface area contributed by atoms with Crippen molar-refractivity contribution in [3.8, 4) is 0 Å². The Labute approximate surface area is 101 Å².